The van der Waals surface area contributed by atoms with E-state index in [-0.39, 0.29) is 0 Å². The molecular weight excluding hydrogens is 280 g/mol. The fraction of sp³-hybridized carbons (Fsp3) is 0.600. The Morgan fingerprint density at radius 2 is 2.00 bits per heavy atom. The van der Waals surface area contributed by atoms with E-state index >= 15 is 0 Å². The van der Waals surface area contributed by atoms with Gasteiger partial charge in [-0.1, -0.05) is 5.16 Å². The molecule has 2 aromatic rings. The molecule has 1 aliphatic rings. The average molecular weight is 302 g/mol. The zero-order valence-electron chi connectivity index (χ0n) is 13.1. The van der Waals surface area contributed by atoms with Gasteiger partial charge >= 0.3 is 0 Å². The van der Waals surface area contributed by atoms with Gasteiger partial charge in [-0.15, -0.1) is 0 Å². The number of likely N-dealkylation sites (tertiary alicyclic amines) is 1. The van der Waals surface area contributed by atoms with Crippen LogP contribution in [0.2, 0.25) is 0 Å². The number of nitrogens with zero attached hydrogens (tertiary/aromatic N) is 5. The lowest BCUT2D eigenvalue weighted by Gasteiger charge is -2.27. The highest BCUT2D eigenvalue weighted by Gasteiger charge is 2.20. The van der Waals surface area contributed by atoms with Crippen LogP contribution in [0.5, 0.6) is 0 Å². The van der Waals surface area contributed by atoms with Crippen LogP contribution in [-0.4, -0.2) is 51.7 Å². The second-order valence-electron chi connectivity index (χ2n) is 5.79. The SMILES string of the molecule is CCNc1ncc(-c2nc(CC3CCN(C)CC3)no2)cn1. The molecule has 7 heteroatoms. The van der Waals surface area contributed by atoms with Crippen LogP contribution in [0.1, 0.15) is 25.6 Å². The second-order valence-corrected chi connectivity index (χ2v) is 5.79. The van der Waals surface area contributed by atoms with Gasteiger partial charge < -0.3 is 14.7 Å². The van der Waals surface area contributed by atoms with E-state index in [0.717, 1.165) is 37.4 Å². The van der Waals surface area contributed by atoms with Crippen molar-refractivity contribution >= 4 is 5.95 Å². The maximum absolute atomic E-state index is 5.34. The summed E-state index contributed by atoms with van der Waals surface area (Å²) < 4.78 is 5.34. The lowest BCUT2D eigenvalue weighted by Crippen LogP contribution is -2.31. The van der Waals surface area contributed by atoms with Crippen molar-refractivity contribution in [2.75, 3.05) is 32.0 Å². The van der Waals surface area contributed by atoms with Gasteiger partial charge in [0.05, 0.1) is 5.56 Å². The summed E-state index contributed by atoms with van der Waals surface area (Å²) in [6.45, 7) is 5.09. The molecule has 0 radical (unpaired) electrons. The number of rotatable bonds is 5. The van der Waals surface area contributed by atoms with Crippen molar-refractivity contribution in [2.24, 2.45) is 5.92 Å². The molecule has 7 nitrogen and oxygen atoms in total. The number of aromatic nitrogens is 4. The minimum Gasteiger partial charge on any atom is -0.355 e. The van der Waals surface area contributed by atoms with Crippen molar-refractivity contribution < 1.29 is 4.52 Å². The van der Waals surface area contributed by atoms with Gasteiger partial charge in [0.15, 0.2) is 5.82 Å². The van der Waals surface area contributed by atoms with E-state index in [4.69, 9.17) is 4.52 Å². The van der Waals surface area contributed by atoms with Gasteiger partial charge in [-0.05, 0) is 45.8 Å². The molecule has 0 amide bonds. The van der Waals surface area contributed by atoms with Gasteiger partial charge in [0.25, 0.3) is 5.89 Å². The molecular formula is C15H22N6O. The van der Waals surface area contributed by atoms with Gasteiger partial charge in [-0.2, -0.15) is 4.98 Å². The predicted molar refractivity (Wildman–Crippen MR) is 83.4 cm³/mol. The van der Waals surface area contributed by atoms with Gasteiger partial charge in [0.2, 0.25) is 5.95 Å². The van der Waals surface area contributed by atoms with Gasteiger partial charge in [-0.3, -0.25) is 0 Å². The smallest absolute Gasteiger partial charge is 0.261 e. The maximum atomic E-state index is 5.34. The molecule has 0 bridgehead atoms. The summed E-state index contributed by atoms with van der Waals surface area (Å²) in [4.78, 5) is 15.3. The summed E-state index contributed by atoms with van der Waals surface area (Å²) in [5.74, 6) is 2.53. The summed E-state index contributed by atoms with van der Waals surface area (Å²) in [6.07, 6.45) is 6.69. The Kier molecular flexibility index (Phi) is 4.62. The number of hydrogen-bond acceptors (Lipinski definition) is 7. The van der Waals surface area contributed by atoms with Crippen LogP contribution in [0.4, 0.5) is 5.95 Å². The van der Waals surface area contributed by atoms with E-state index in [1.54, 1.807) is 12.4 Å². The summed E-state index contributed by atoms with van der Waals surface area (Å²) in [7, 11) is 2.17. The van der Waals surface area contributed by atoms with Crippen LogP contribution < -0.4 is 5.32 Å². The maximum Gasteiger partial charge on any atom is 0.261 e. The highest BCUT2D eigenvalue weighted by molar-refractivity contribution is 5.50. The van der Waals surface area contributed by atoms with Crippen molar-refractivity contribution in [3.8, 4) is 11.5 Å². The van der Waals surface area contributed by atoms with Crippen molar-refractivity contribution in [3.63, 3.8) is 0 Å². The molecule has 1 aliphatic heterocycles. The van der Waals surface area contributed by atoms with Crippen LogP contribution in [-0.2, 0) is 6.42 Å². The second kappa shape index (κ2) is 6.83. The molecule has 1 saturated heterocycles. The van der Waals surface area contributed by atoms with E-state index in [0.29, 0.717) is 17.8 Å². The zero-order valence-corrected chi connectivity index (χ0v) is 13.1. The number of nitrogens with one attached hydrogen (secondary N) is 1. The van der Waals surface area contributed by atoms with E-state index in [9.17, 15) is 0 Å². The molecule has 0 spiro atoms. The molecule has 118 valence electrons. The number of anilines is 1. The normalized spacial score (nSPS) is 16.8. The standard InChI is InChI=1S/C15H22N6O/c1-3-16-15-17-9-12(10-18-15)14-19-13(20-22-14)8-11-4-6-21(2)7-5-11/h9-11H,3-8H2,1-2H3,(H,16,17,18). The van der Waals surface area contributed by atoms with Crippen LogP contribution in [0.15, 0.2) is 16.9 Å². The van der Waals surface area contributed by atoms with Gasteiger partial charge in [0, 0.05) is 25.4 Å². The Hall–Kier alpha value is -2.02. The van der Waals surface area contributed by atoms with Gasteiger partial charge in [0.1, 0.15) is 0 Å². The fourth-order valence-corrected chi connectivity index (χ4v) is 2.67. The largest absolute Gasteiger partial charge is 0.355 e. The molecule has 1 fully saturated rings. The lowest BCUT2D eigenvalue weighted by molar-refractivity contribution is 0.216. The summed E-state index contributed by atoms with van der Waals surface area (Å²) in [5, 5.41) is 7.15. The third-order valence-electron chi connectivity index (χ3n) is 4.01. The van der Waals surface area contributed by atoms with Crippen LogP contribution >= 0.6 is 0 Å². The Bertz CT molecular complexity index is 588. The average Bonchev–Trinajstić information content (AvgIpc) is 2.99. The molecule has 1 N–H and O–H groups in total. The van der Waals surface area contributed by atoms with Crippen molar-refractivity contribution in [1.29, 1.82) is 0 Å². The first-order valence-corrected chi connectivity index (χ1v) is 7.82. The van der Waals surface area contributed by atoms with Crippen molar-refractivity contribution in [2.45, 2.75) is 26.2 Å². The molecule has 0 unspecified atom stereocenters. The Labute approximate surface area is 130 Å². The van der Waals surface area contributed by atoms with Crippen LogP contribution in [0.25, 0.3) is 11.5 Å². The van der Waals surface area contributed by atoms with E-state index in [1.165, 1.54) is 12.8 Å². The Morgan fingerprint density at radius 3 is 2.68 bits per heavy atom. The Morgan fingerprint density at radius 1 is 1.27 bits per heavy atom. The summed E-state index contributed by atoms with van der Waals surface area (Å²) in [5.41, 5.74) is 0.754. The first-order chi connectivity index (χ1) is 10.7. The Balaban J connectivity index is 1.63. The molecule has 3 rings (SSSR count). The monoisotopic (exact) mass is 302 g/mol. The zero-order chi connectivity index (χ0) is 15.4. The highest BCUT2D eigenvalue weighted by atomic mass is 16.5. The number of piperidine rings is 1. The lowest BCUT2D eigenvalue weighted by atomic mass is 9.94. The quantitative estimate of drug-likeness (QED) is 0.902. The molecule has 0 saturated carbocycles. The van der Waals surface area contributed by atoms with Crippen LogP contribution in [0, 0.1) is 5.92 Å². The predicted octanol–water partition coefficient (Wildman–Crippen LogP) is 1.84. The number of hydrogen-bond donors (Lipinski definition) is 1. The molecule has 0 atom stereocenters. The van der Waals surface area contributed by atoms with Crippen LogP contribution in [0.3, 0.4) is 0 Å². The minimum absolute atomic E-state index is 0.492. The first-order valence-electron chi connectivity index (χ1n) is 7.82. The third-order valence-corrected chi connectivity index (χ3v) is 4.01. The fourth-order valence-electron chi connectivity index (χ4n) is 2.67. The topological polar surface area (TPSA) is 80.0 Å². The summed E-state index contributed by atoms with van der Waals surface area (Å²) in [6, 6.07) is 0. The van der Waals surface area contributed by atoms with Gasteiger partial charge in [-0.25, -0.2) is 9.97 Å². The molecule has 0 aliphatic carbocycles. The molecule has 0 aromatic carbocycles. The summed E-state index contributed by atoms with van der Waals surface area (Å²) >= 11 is 0. The third kappa shape index (κ3) is 3.59. The molecule has 3 heterocycles. The van der Waals surface area contributed by atoms with Crippen molar-refractivity contribution in [1.82, 2.24) is 25.0 Å². The molecule has 2 aromatic heterocycles. The highest BCUT2D eigenvalue weighted by Crippen LogP contribution is 2.21. The van der Waals surface area contributed by atoms with E-state index in [2.05, 4.69) is 37.4 Å². The minimum atomic E-state index is 0.492. The van der Waals surface area contributed by atoms with E-state index in [1.807, 2.05) is 6.92 Å². The molecule has 22 heavy (non-hydrogen) atoms. The first kappa shape index (κ1) is 14.9. The van der Waals surface area contributed by atoms with Crippen molar-refractivity contribution in [3.05, 3.63) is 18.2 Å². The van der Waals surface area contributed by atoms with E-state index < -0.39 is 0 Å².